The van der Waals surface area contributed by atoms with Gasteiger partial charge >= 0.3 is 0 Å². The Labute approximate surface area is 152 Å². The number of hydrogen-bond donors (Lipinski definition) is 1. The van der Waals surface area contributed by atoms with E-state index in [4.69, 9.17) is 4.74 Å². The molecule has 132 valence electrons. The second-order valence-electron chi connectivity index (χ2n) is 8.36. The Morgan fingerprint density at radius 1 is 0.960 bits per heavy atom. The summed E-state index contributed by atoms with van der Waals surface area (Å²) in [7, 11) is -2.88. The van der Waals surface area contributed by atoms with E-state index in [1.54, 1.807) is 0 Å². The van der Waals surface area contributed by atoms with Crippen LogP contribution in [0.4, 0.5) is 0 Å². The first-order valence-corrected chi connectivity index (χ1v) is 11.5. The van der Waals surface area contributed by atoms with Crippen LogP contribution in [-0.2, 0) is 4.74 Å². The van der Waals surface area contributed by atoms with Crippen LogP contribution in [0.3, 0.4) is 0 Å². The number of benzene rings is 2. The van der Waals surface area contributed by atoms with Crippen LogP contribution in [0.15, 0.2) is 60.7 Å². The van der Waals surface area contributed by atoms with Gasteiger partial charge in [0.2, 0.25) is 0 Å². The number of hydrogen-bond acceptors (Lipinski definition) is 2. The third-order valence-electron chi connectivity index (χ3n) is 6.28. The highest BCUT2D eigenvalue weighted by Crippen LogP contribution is 2.50. The standard InChI is InChI=1S/C22H28O2Si/c1-22(2,16-17-10-9-15-20-21(17)24-20)25(23,18-11-5-3-6-12-18)19-13-7-4-8-14-19/h3-8,11-14,17,20-21,23H,9-10,15-16H2,1-2H3/t17?,20-,21?/m0/s1. The molecule has 0 amide bonds. The summed E-state index contributed by atoms with van der Waals surface area (Å²) < 4.78 is 5.89. The molecule has 0 spiro atoms. The molecule has 2 aliphatic rings. The van der Waals surface area contributed by atoms with Gasteiger partial charge in [0.1, 0.15) is 0 Å². The van der Waals surface area contributed by atoms with Gasteiger partial charge in [-0.25, -0.2) is 0 Å². The van der Waals surface area contributed by atoms with Gasteiger partial charge in [-0.05, 0) is 40.6 Å². The number of epoxide rings is 1. The minimum atomic E-state index is -2.88. The van der Waals surface area contributed by atoms with Crippen LogP contribution in [0.2, 0.25) is 5.04 Å². The number of rotatable bonds is 5. The first kappa shape index (κ1) is 17.0. The molecule has 1 N–H and O–H groups in total. The van der Waals surface area contributed by atoms with E-state index < -0.39 is 8.32 Å². The first-order valence-electron chi connectivity index (χ1n) is 9.51. The third kappa shape index (κ3) is 2.99. The molecule has 4 rings (SSSR count). The normalized spacial score (nSPS) is 26.1. The van der Waals surface area contributed by atoms with E-state index in [1.807, 2.05) is 36.4 Å². The lowest BCUT2D eigenvalue weighted by atomic mass is 9.83. The first-order chi connectivity index (χ1) is 12.0. The molecule has 2 aromatic rings. The van der Waals surface area contributed by atoms with Crippen LogP contribution in [0.1, 0.15) is 39.5 Å². The van der Waals surface area contributed by atoms with Gasteiger partial charge in [0.25, 0.3) is 8.32 Å². The fourth-order valence-electron chi connectivity index (χ4n) is 4.88. The zero-order chi connectivity index (χ0) is 17.5. The SMILES string of the molecule is CC(C)(CC1CCC[C@@H]2OC12)[Si](O)(c1ccccc1)c1ccccc1. The number of ether oxygens (including phenoxy) is 1. The zero-order valence-corrected chi connectivity index (χ0v) is 16.2. The quantitative estimate of drug-likeness (QED) is 0.660. The highest BCUT2D eigenvalue weighted by Gasteiger charge is 2.54. The van der Waals surface area contributed by atoms with Crippen LogP contribution in [0, 0.1) is 5.92 Å². The molecule has 25 heavy (non-hydrogen) atoms. The van der Waals surface area contributed by atoms with Gasteiger partial charge in [-0.15, -0.1) is 0 Å². The summed E-state index contributed by atoms with van der Waals surface area (Å²) in [4.78, 5) is 12.2. The second kappa shape index (κ2) is 6.38. The maximum Gasteiger partial charge on any atom is 0.258 e. The molecule has 2 aromatic carbocycles. The molecule has 0 radical (unpaired) electrons. The van der Waals surface area contributed by atoms with Crippen molar-refractivity contribution in [1.29, 1.82) is 0 Å². The molecule has 1 heterocycles. The van der Waals surface area contributed by atoms with Gasteiger partial charge in [-0.3, -0.25) is 0 Å². The van der Waals surface area contributed by atoms with Gasteiger partial charge in [0.15, 0.2) is 0 Å². The monoisotopic (exact) mass is 352 g/mol. The molecule has 0 aromatic heterocycles. The molecular weight excluding hydrogens is 324 g/mol. The van der Waals surface area contributed by atoms with Crippen molar-refractivity contribution in [2.24, 2.45) is 5.92 Å². The van der Waals surface area contributed by atoms with Crippen LogP contribution in [0.5, 0.6) is 0 Å². The van der Waals surface area contributed by atoms with Crippen molar-refractivity contribution in [1.82, 2.24) is 0 Å². The van der Waals surface area contributed by atoms with Gasteiger partial charge in [0, 0.05) is 0 Å². The molecule has 3 atom stereocenters. The largest absolute Gasteiger partial charge is 0.424 e. The summed E-state index contributed by atoms with van der Waals surface area (Å²) in [6.45, 7) is 4.54. The Balaban J connectivity index is 1.72. The van der Waals surface area contributed by atoms with E-state index >= 15 is 0 Å². The van der Waals surface area contributed by atoms with Crippen molar-refractivity contribution in [2.75, 3.05) is 0 Å². The summed E-state index contributed by atoms with van der Waals surface area (Å²) >= 11 is 0. The lowest BCUT2D eigenvalue weighted by Gasteiger charge is -2.43. The van der Waals surface area contributed by atoms with Gasteiger partial charge in [-0.1, -0.05) is 80.9 Å². The molecule has 1 saturated carbocycles. The molecule has 2 nitrogen and oxygen atoms in total. The molecule has 1 aliphatic carbocycles. The smallest absolute Gasteiger partial charge is 0.258 e. The molecule has 3 heteroatoms. The Hall–Kier alpha value is -1.42. The van der Waals surface area contributed by atoms with Crippen molar-refractivity contribution < 1.29 is 9.53 Å². The molecule has 1 saturated heterocycles. The summed E-state index contributed by atoms with van der Waals surface area (Å²) in [5, 5.41) is 2.05. The van der Waals surface area contributed by atoms with E-state index in [0.29, 0.717) is 18.1 Å². The van der Waals surface area contributed by atoms with E-state index in [0.717, 1.165) is 16.8 Å². The predicted octanol–water partition coefficient (Wildman–Crippen LogP) is 3.48. The van der Waals surface area contributed by atoms with Crippen LogP contribution < -0.4 is 10.4 Å². The Kier molecular flexibility index (Phi) is 4.34. The minimum absolute atomic E-state index is 0.159. The van der Waals surface area contributed by atoms with Crippen molar-refractivity contribution in [3.8, 4) is 0 Å². The highest BCUT2D eigenvalue weighted by molar-refractivity contribution is 6.98. The summed E-state index contributed by atoms with van der Waals surface area (Å²) in [5.74, 6) is 0.584. The molecule has 0 bridgehead atoms. The Bertz CT molecular complexity index is 674. The zero-order valence-electron chi connectivity index (χ0n) is 15.2. The van der Waals surface area contributed by atoms with E-state index in [-0.39, 0.29) is 5.04 Å². The van der Waals surface area contributed by atoms with Crippen molar-refractivity contribution in [2.45, 2.75) is 56.8 Å². The second-order valence-corrected chi connectivity index (χ2v) is 12.3. The fourth-order valence-corrected chi connectivity index (χ4v) is 8.68. The fraction of sp³-hybridized carbons (Fsp3) is 0.455. The molecule has 2 unspecified atom stereocenters. The minimum Gasteiger partial charge on any atom is -0.424 e. The topological polar surface area (TPSA) is 32.8 Å². The van der Waals surface area contributed by atoms with Crippen molar-refractivity contribution in [3.05, 3.63) is 60.7 Å². The van der Waals surface area contributed by atoms with Crippen molar-refractivity contribution in [3.63, 3.8) is 0 Å². The Morgan fingerprint density at radius 2 is 1.52 bits per heavy atom. The van der Waals surface area contributed by atoms with E-state index in [2.05, 4.69) is 38.1 Å². The van der Waals surface area contributed by atoms with Gasteiger partial charge in [0.05, 0.1) is 12.2 Å². The summed E-state index contributed by atoms with van der Waals surface area (Å²) in [5.41, 5.74) is 0. The van der Waals surface area contributed by atoms with Crippen LogP contribution in [0.25, 0.3) is 0 Å². The predicted molar refractivity (Wildman–Crippen MR) is 105 cm³/mol. The van der Waals surface area contributed by atoms with E-state index in [1.165, 1.54) is 19.3 Å². The summed E-state index contributed by atoms with van der Waals surface area (Å²) in [6, 6.07) is 20.7. The lowest BCUT2D eigenvalue weighted by Crippen LogP contribution is -2.65. The average molecular weight is 353 g/mol. The lowest BCUT2D eigenvalue weighted by molar-refractivity contribution is 0.279. The maximum atomic E-state index is 12.2. The van der Waals surface area contributed by atoms with Gasteiger partial charge < -0.3 is 9.53 Å². The van der Waals surface area contributed by atoms with Crippen LogP contribution >= 0.6 is 0 Å². The van der Waals surface area contributed by atoms with E-state index in [9.17, 15) is 4.80 Å². The highest BCUT2D eigenvalue weighted by atomic mass is 28.4. The van der Waals surface area contributed by atoms with Crippen molar-refractivity contribution >= 4 is 18.7 Å². The third-order valence-corrected chi connectivity index (χ3v) is 10.8. The maximum absolute atomic E-state index is 12.2. The Morgan fingerprint density at radius 3 is 2.08 bits per heavy atom. The molecular formula is C22H28O2Si. The molecule has 1 aliphatic heterocycles. The number of fused-ring (bicyclic) bond motifs is 1. The van der Waals surface area contributed by atoms with Crippen LogP contribution in [-0.4, -0.2) is 25.3 Å². The summed E-state index contributed by atoms with van der Waals surface area (Å²) in [6.07, 6.45) is 5.69. The van der Waals surface area contributed by atoms with Gasteiger partial charge in [-0.2, -0.15) is 0 Å². The molecule has 2 fully saturated rings. The average Bonchev–Trinajstić information content (AvgIpc) is 3.43.